The van der Waals surface area contributed by atoms with E-state index in [1.807, 2.05) is 13.1 Å². The summed E-state index contributed by atoms with van der Waals surface area (Å²) in [5.74, 6) is 0. The lowest BCUT2D eigenvalue weighted by Crippen LogP contribution is -2.43. The summed E-state index contributed by atoms with van der Waals surface area (Å²) >= 11 is 0. The molecule has 0 unspecified atom stereocenters. The van der Waals surface area contributed by atoms with Crippen molar-refractivity contribution in [3.63, 3.8) is 0 Å². The summed E-state index contributed by atoms with van der Waals surface area (Å²) in [5.41, 5.74) is 0.735. The smallest absolute Gasteiger partial charge is 0.319 e. The summed E-state index contributed by atoms with van der Waals surface area (Å²) in [6.45, 7) is 8.00. The van der Waals surface area contributed by atoms with Crippen LogP contribution in [0.1, 0.15) is 33.1 Å². The van der Waals surface area contributed by atoms with Crippen LogP contribution < -0.4 is 10.6 Å². The molecule has 2 rings (SSSR count). The van der Waals surface area contributed by atoms with Gasteiger partial charge in [0.05, 0.1) is 11.9 Å². The third-order valence-electron chi connectivity index (χ3n) is 3.84. The van der Waals surface area contributed by atoms with Crippen LogP contribution in [0.15, 0.2) is 12.4 Å². The van der Waals surface area contributed by atoms with Crippen molar-refractivity contribution in [2.75, 3.05) is 25.0 Å². The van der Waals surface area contributed by atoms with E-state index in [-0.39, 0.29) is 6.03 Å². The summed E-state index contributed by atoms with van der Waals surface area (Å²) in [6.07, 6.45) is 7.12. The zero-order valence-corrected chi connectivity index (χ0v) is 12.4. The van der Waals surface area contributed by atoms with E-state index in [1.165, 1.54) is 12.8 Å². The van der Waals surface area contributed by atoms with Gasteiger partial charge in [-0.25, -0.2) is 4.79 Å². The first-order chi connectivity index (χ1) is 9.72. The molecule has 0 bridgehead atoms. The molecule has 6 heteroatoms. The molecular weight excluding hydrogens is 254 g/mol. The highest BCUT2D eigenvalue weighted by molar-refractivity contribution is 5.88. The molecule has 1 aliphatic heterocycles. The van der Waals surface area contributed by atoms with Crippen LogP contribution in [0.3, 0.4) is 0 Å². The summed E-state index contributed by atoms with van der Waals surface area (Å²) in [5, 5.41) is 9.90. The number of anilines is 1. The maximum absolute atomic E-state index is 11.9. The van der Waals surface area contributed by atoms with Crippen molar-refractivity contribution in [3.05, 3.63) is 12.4 Å². The number of hydrogen-bond acceptors (Lipinski definition) is 3. The van der Waals surface area contributed by atoms with Crippen molar-refractivity contribution in [2.45, 2.75) is 45.7 Å². The quantitative estimate of drug-likeness (QED) is 0.836. The molecule has 112 valence electrons. The van der Waals surface area contributed by atoms with Gasteiger partial charge in [-0.05, 0) is 39.3 Å². The van der Waals surface area contributed by atoms with Crippen LogP contribution in [0.5, 0.6) is 0 Å². The number of carbonyl (C=O) groups is 1. The van der Waals surface area contributed by atoms with E-state index < -0.39 is 0 Å². The number of amides is 2. The van der Waals surface area contributed by atoms with Crippen LogP contribution in [0, 0.1) is 0 Å². The largest absolute Gasteiger partial charge is 0.336 e. The molecule has 1 aromatic heterocycles. The van der Waals surface area contributed by atoms with E-state index in [4.69, 9.17) is 0 Å². The second-order valence-electron chi connectivity index (χ2n) is 5.22. The van der Waals surface area contributed by atoms with E-state index in [2.05, 4.69) is 27.6 Å². The number of urea groups is 1. The monoisotopic (exact) mass is 279 g/mol. The van der Waals surface area contributed by atoms with Crippen molar-refractivity contribution in [1.29, 1.82) is 0 Å². The van der Waals surface area contributed by atoms with E-state index in [1.54, 1.807) is 10.9 Å². The molecule has 1 saturated heterocycles. The third-order valence-corrected chi connectivity index (χ3v) is 3.84. The van der Waals surface area contributed by atoms with Gasteiger partial charge in [0.1, 0.15) is 0 Å². The molecule has 1 aromatic rings. The van der Waals surface area contributed by atoms with Crippen LogP contribution in [0.4, 0.5) is 10.5 Å². The highest BCUT2D eigenvalue weighted by Crippen LogP contribution is 2.13. The third kappa shape index (κ3) is 3.96. The molecule has 1 aliphatic rings. The first-order valence-electron chi connectivity index (χ1n) is 7.54. The Kier molecular flexibility index (Phi) is 5.40. The number of nitrogens with zero attached hydrogens (tertiary/aromatic N) is 3. The lowest BCUT2D eigenvalue weighted by Gasteiger charge is -2.26. The Hall–Kier alpha value is -1.56. The SMILES string of the molecule is CC[C@H](CNC(=O)Nc1cnn(CC)c1)N1CCCC1. The molecule has 0 radical (unpaired) electrons. The molecule has 1 atom stereocenters. The zero-order chi connectivity index (χ0) is 14.4. The fraction of sp³-hybridized carbons (Fsp3) is 0.714. The molecule has 2 heterocycles. The molecule has 0 saturated carbocycles. The van der Waals surface area contributed by atoms with Crippen molar-refractivity contribution >= 4 is 11.7 Å². The van der Waals surface area contributed by atoms with Crippen LogP contribution in [-0.4, -0.2) is 46.4 Å². The van der Waals surface area contributed by atoms with Gasteiger partial charge in [-0.15, -0.1) is 0 Å². The number of likely N-dealkylation sites (tertiary alicyclic amines) is 1. The van der Waals surface area contributed by atoms with Gasteiger partial charge in [-0.1, -0.05) is 6.92 Å². The average Bonchev–Trinajstić information content (AvgIpc) is 3.11. The summed E-state index contributed by atoms with van der Waals surface area (Å²) in [7, 11) is 0. The Balaban J connectivity index is 1.75. The molecule has 1 fully saturated rings. The minimum absolute atomic E-state index is 0.154. The molecular formula is C14H25N5O. The lowest BCUT2D eigenvalue weighted by atomic mass is 10.2. The van der Waals surface area contributed by atoms with Crippen LogP contribution >= 0.6 is 0 Å². The van der Waals surface area contributed by atoms with Crippen LogP contribution in [0.2, 0.25) is 0 Å². The molecule has 6 nitrogen and oxygen atoms in total. The topological polar surface area (TPSA) is 62.2 Å². The maximum atomic E-state index is 11.9. The first-order valence-corrected chi connectivity index (χ1v) is 7.54. The van der Waals surface area contributed by atoms with E-state index in [0.717, 1.165) is 31.7 Å². The number of rotatable bonds is 6. The van der Waals surface area contributed by atoms with E-state index in [0.29, 0.717) is 12.6 Å². The number of aryl methyl sites for hydroxylation is 1. The van der Waals surface area contributed by atoms with Crippen LogP contribution in [0.25, 0.3) is 0 Å². The van der Waals surface area contributed by atoms with E-state index in [9.17, 15) is 4.79 Å². The molecule has 0 spiro atoms. The number of nitrogens with one attached hydrogen (secondary N) is 2. The summed E-state index contributed by atoms with van der Waals surface area (Å²) in [4.78, 5) is 14.3. The average molecular weight is 279 g/mol. The van der Waals surface area contributed by atoms with Gasteiger partial charge in [0, 0.05) is 25.3 Å². The van der Waals surface area contributed by atoms with Crippen molar-refractivity contribution in [3.8, 4) is 0 Å². The second-order valence-corrected chi connectivity index (χ2v) is 5.22. The van der Waals surface area contributed by atoms with Crippen LogP contribution in [-0.2, 0) is 6.54 Å². The van der Waals surface area contributed by atoms with Gasteiger partial charge in [-0.3, -0.25) is 9.58 Å². The number of hydrogen-bond donors (Lipinski definition) is 2. The first kappa shape index (κ1) is 14.8. The van der Waals surface area contributed by atoms with Gasteiger partial charge in [0.25, 0.3) is 0 Å². The molecule has 0 aliphatic carbocycles. The predicted molar refractivity (Wildman–Crippen MR) is 79.8 cm³/mol. The maximum Gasteiger partial charge on any atom is 0.319 e. The van der Waals surface area contributed by atoms with Gasteiger partial charge < -0.3 is 10.6 Å². The summed E-state index contributed by atoms with van der Waals surface area (Å²) < 4.78 is 1.79. The molecule has 20 heavy (non-hydrogen) atoms. The lowest BCUT2D eigenvalue weighted by molar-refractivity contribution is 0.222. The highest BCUT2D eigenvalue weighted by atomic mass is 16.2. The standard InChI is InChI=1S/C14H25N5O/c1-3-13(18-7-5-6-8-18)10-15-14(20)17-12-9-16-19(4-2)11-12/h9,11,13H,3-8,10H2,1-2H3,(H2,15,17,20)/t13-/m1/s1. The Labute approximate surface area is 120 Å². The second kappa shape index (κ2) is 7.28. The summed E-state index contributed by atoms with van der Waals surface area (Å²) in [6, 6.07) is 0.292. The highest BCUT2D eigenvalue weighted by Gasteiger charge is 2.20. The van der Waals surface area contributed by atoms with Gasteiger partial charge in [0.15, 0.2) is 0 Å². The van der Waals surface area contributed by atoms with Gasteiger partial charge >= 0.3 is 6.03 Å². The van der Waals surface area contributed by atoms with Crippen molar-refractivity contribution in [1.82, 2.24) is 20.0 Å². The fourth-order valence-electron chi connectivity index (χ4n) is 2.63. The van der Waals surface area contributed by atoms with Gasteiger partial charge in [0.2, 0.25) is 0 Å². The minimum Gasteiger partial charge on any atom is -0.336 e. The Morgan fingerprint density at radius 3 is 2.75 bits per heavy atom. The molecule has 2 N–H and O–H groups in total. The number of aromatic nitrogens is 2. The fourth-order valence-corrected chi connectivity index (χ4v) is 2.63. The van der Waals surface area contributed by atoms with Crippen molar-refractivity contribution < 1.29 is 4.79 Å². The Bertz CT molecular complexity index is 425. The minimum atomic E-state index is -0.154. The van der Waals surface area contributed by atoms with Crippen molar-refractivity contribution in [2.24, 2.45) is 0 Å². The van der Waals surface area contributed by atoms with E-state index >= 15 is 0 Å². The molecule has 0 aromatic carbocycles. The van der Waals surface area contributed by atoms with Gasteiger partial charge in [-0.2, -0.15) is 5.10 Å². The predicted octanol–water partition coefficient (Wildman–Crippen LogP) is 1.90. The Morgan fingerprint density at radius 1 is 1.40 bits per heavy atom. The number of carbonyl (C=O) groups excluding carboxylic acids is 1. The molecule has 2 amide bonds. The zero-order valence-electron chi connectivity index (χ0n) is 12.4. The Morgan fingerprint density at radius 2 is 2.15 bits per heavy atom. The normalized spacial score (nSPS) is 17.1.